The Bertz CT molecular complexity index is 2020. The van der Waals surface area contributed by atoms with Gasteiger partial charge in [-0.1, -0.05) is 35.9 Å². The molecule has 0 bridgehead atoms. The quantitative estimate of drug-likeness (QED) is 0.270. The van der Waals surface area contributed by atoms with Gasteiger partial charge in [0, 0.05) is 29.6 Å². The van der Waals surface area contributed by atoms with Crippen molar-refractivity contribution in [3.8, 4) is 28.7 Å². The number of hydrogen-bond donors (Lipinski definition) is 2. The van der Waals surface area contributed by atoms with Crippen LogP contribution in [0.2, 0.25) is 0 Å². The number of benzene rings is 3. The third kappa shape index (κ3) is 4.55. The van der Waals surface area contributed by atoms with E-state index in [2.05, 4.69) is 25.1 Å². The molecule has 1 fully saturated rings. The van der Waals surface area contributed by atoms with E-state index in [0.717, 1.165) is 5.39 Å². The van der Waals surface area contributed by atoms with Gasteiger partial charge < -0.3 is 23.8 Å². The van der Waals surface area contributed by atoms with Crippen molar-refractivity contribution in [2.75, 3.05) is 19.7 Å². The topological polar surface area (TPSA) is 126 Å². The highest BCUT2D eigenvalue weighted by Gasteiger charge is 2.26. The Kier molecular flexibility index (Phi) is 6.24. The fourth-order valence-electron chi connectivity index (χ4n) is 5.14. The van der Waals surface area contributed by atoms with Gasteiger partial charge in [0.15, 0.2) is 5.43 Å². The second-order valence-electron chi connectivity index (χ2n) is 10.3. The molecule has 0 unspecified atom stereocenters. The Balaban J connectivity index is 1.68. The smallest absolute Gasteiger partial charge is 0.488 e. The second kappa shape index (κ2) is 9.66. The van der Waals surface area contributed by atoms with Crippen LogP contribution < -0.4 is 19.7 Å². The summed E-state index contributed by atoms with van der Waals surface area (Å²) in [6.07, 6.45) is 0. The molecule has 0 aliphatic carbocycles. The highest BCUT2D eigenvalue weighted by atomic mass is 32.3. The average molecular weight is 561 g/mol. The van der Waals surface area contributed by atoms with Gasteiger partial charge in [0.2, 0.25) is 0 Å². The van der Waals surface area contributed by atoms with Crippen LogP contribution >= 0.6 is 0 Å². The van der Waals surface area contributed by atoms with Crippen molar-refractivity contribution in [2.24, 2.45) is 5.92 Å². The standard InChI is InChI=1S/C29H25FN4O5S/c1-16(2)15-38-26-11-23-25(10-22(26)18-4-3-5-20(9-18)39-40(30,36)37)34(19-13-32-14-19)29-27(28(23)35)21-7-6-17(12-31)8-24(21)33-29/h3-11,16,19,32-33H,13-15H2,1-2H3. The molecule has 3 aromatic carbocycles. The Morgan fingerprint density at radius 2 is 1.93 bits per heavy atom. The van der Waals surface area contributed by atoms with E-state index < -0.39 is 10.5 Å². The molecule has 0 amide bonds. The Hall–Kier alpha value is -4.40. The number of aromatic nitrogens is 2. The number of rotatable bonds is 7. The van der Waals surface area contributed by atoms with E-state index in [1.54, 1.807) is 36.4 Å². The number of nitriles is 1. The van der Waals surface area contributed by atoms with Crippen LogP contribution in [0.5, 0.6) is 11.5 Å². The summed E-state index contributed by atoms with van der Waals surface area (Å²) in [5.74, 6) is 0.440. The normalized spacial score (nSPS) is 14.1. The summed E-state index contributed by atoms with van der Waals surface area (Å²) >= 11 is 0. The zero-order valence-electron chi connectivity index (χ0n) is 21.7. The minimum Gasteiger partial charge on any atom is -0.493 e. The van der Waals surface area contributed by atoms with Gasteiger partial charge in [-0.05, 0) is 47.9 Å². The van der Waals surface area contributed by atoms with Crippen molar-refractivity contribution in [3.05, 3.63) is 70.4 Å². The molecule has 11 heteroatoms. The molecule has 204 valence electrons. The lowest BCUT2D eigenvalue weighted by Crippen LogP contribution is -2.44. The van der Waals surface area contributed by atoms with Gasteiger partial charge >= 0.3 is 10.5 Å². The first kappa shape index (κ1) is 25.9. The minimum absolute atomic E-state index is 0.0516. The summed E-state index contributed by atoms with van der Waals surface area (Å²) in [5, 5.41) is 14.4. The van der Waals surface area contributed by atoms with Crippen molar-refractivity contribution < 1.29 is 21.2 Å². The van der Waals surface area contributed by atoms with Crippen LogP contribution in [0.3, 0.4) is 0 Å². The fourth-order valence-corrected chi connectivity index (χ4v) is 5.47. The fraction of sp³-hybridized carbons (Fsp3) is 0.241. The maximum Gasteiger partial charge on any atom is 0.488 e. The van der Waals surface area contributed by atoms with Crippen molar-refractivity contribution in [1.82, 2.24) is 14.9 Å². The van der Waals surface area contributed by atoms with Crippen LogP contribution in [0.15, 0.2) is 59.4 Å². The molecule has 6 rings (SSSR count). The third-order valence-electron chi connectivity index (χ3n) is 7.02. The highest BCUT2D eigenvalue weighted by molar-refractivity contribution is 7.81. The molecule has 0 saturated carbocycles. The molecule has 0 atom stereocenters. The van der Waals surface area contributed by atoms with E-state index in [9.17, 15) is 22.4 Å². The number of pyridine rings is 1. The number of aromatic amines is 1. The molecule has 1 aliphatic heterocycles. The van der Waals surface area contributed by atoms with E-state index in [1.165, 1.54) is 12.1 Å². The zero-order chi connectivity index (χ0) is 28.2. The Morgan fingerprint density at radius 1 is 1.12 bits per heavy atom. The molecular formula is C29H25FN4O5S. The molecule has 0 radical (unpaired) electrons. The van der Waals surface area contributed by atoms with Crippen LogP contribution in [0.25, 0.3) is 44.0 Å². The van der Waals surface area contributed by atoms with Crippen molar-refractivity contribution in [3.63, 3.8) is 0 Å². The summed E-state index contributed by atoms with van der Waals surface area (Å²) in [5.41, 5.74) is 3.43. The van der Waals surface area contributed by atoms with Crippen LogP contribution in [0, 0.1) is 17.2 Å². The van der Waals surface area contributed by atoms with Crippen molar-refractivity contribution >= 4 is 43.3 Å². The van der Waals surface area contributed by atoms with E-state index in [0.29, 0.717) is 69.6 Å². The summed E-state index contributed by atoms with van der Waals surface area (Å²) in [6.45, 7) is 5.78. The van der Waals surface area contributed by atoms with Crippen molar-refractivity contribution in [2.45, 2.75) is 19.9 Å². The lowest BCUT2D eigenvalue weighted by molar-refractivity contribution is 0.272. The predicted octanol–water partition coefficient (Wildman–Crippen LogP) is 4.95. The molecule has 9 nitrogen and oxygen atoms in total. The maximum atomic E-state index is 14.0. The van der Waals surface area contributed by atoms with Crippen LogP contribution in [-0.4, -0.2) is 37.7 Å². The summed E-state index contributed by atoms with van der Waals surface area (Å²) in [4.78, 5) is 17.4. The molecule has 1 aliphatic rings. The number of H-pyrrole nitrogens is 1. The average Bonchev–Trinajstić information content (AvgIpc) is 3.26. The Morgan fingerprint density at radius 3 is 2.60 bits per heavy atom. The molecule has 40 heavy (non-hydrogen) atoms. The SMILES string of the molecule is CC(C)COc1cc2c(=O)c3c4ccc(C#N)cc4[nH]c3n(C3CNC3)c2cc1-c1cccc(OS(=O)(=O)F)c1. The lowest BCUT2D eigenvalue weighted by Gasteiger charge is -2.32. The zero-order valence-corrected chi connectivity index (χ0v) is 22.5. The summed E-state index contributed by atoms with van der Waals surface area (Å²) in [7, 11) is -5.21. The van der Waals surface area contributed by atoms with E-state index in [1.807, 2.05) is 19.9 Å². The number of nitrogens with one attached hydrogen (secondary N) is 2. The first-order chi connectivity index (χ1) is 19.1. The number of fused-ring (bicyclic) bond motifs is 4. The van der Waals surface area contributed by atoms with Gasteiger partial charge in [0.1, 0.15) is 17.1 Å². The van der Waals surface area contributed by atoms with Crippen molar-refractivity contribution in [1.29, 1.82) is 5.26 Å². The van der Waals surface area contributed by atoms with Gasteiger partial charge in [-0.15, -0.1) is 0 Å². The third-order valence-corrected chi connectivity index (χ3v) is 7.41. The first-order valence-electron chi connectivity index (χ1n) is 12.8. The molecule has 3 heterocycles. The first-order valence-corrected chi connectivity index (χ1v) is 14.1. The van der Waals surface area contributed by atoms with Gasteiger partial charge in [0.05, 0.1) is 40.6 Å². The molecule has 0 spiro atoms. The molecule has 5 aromatic rings. The number of hydrogen-bond acceptors (Lipinski definition) is 7. The van der Waals surface area contributed by atoms with Crippen LogP contribution in [0.4, 0.5) is 3.89 Å². The number of nitrogens with zero attached hydrogens (tertiary/aromatic N) is 2. The number of ether oxygens (including phenoxy) is 1. The molecule has 2 N–H and O–H groups in total. The maximum absolute atomic E-state index is 14.0. The second-order valence-corrected chi connectivity index (χ2v) is 11.3. The minimum atomic E-state index is -5.21. The van der Waals surface area contributed by atoms with E-state index >= 15 is 0 Å². The van der Waals surface area contributed by atoms with E-state index in [4.69, 9.17) is 4.74 Å². The molecule has 2 aromatic heterocycles. The van der Waals surface area contributed by atoms with Gasteiger partial charge in [0.25, 0.3) is 0 Å². The van der Waals surface area contributed by atoms with Gasteiger partial charge in [-0.25, -0.2) is 0 Å². The molecule has 1 saturated heterocycles. The molecular weight excluding hydrogens is 535 g/mol. The van der Waals surface area contributed by atoms with E-state index in [-0.39, 0.29) is 23.1 Å². The van der Waals surface area contributed by atoms with Gasteiger partial charge in [-0.3, -0.25) is 4.79 Å². The van der Waals surface area contributed by atoms with Crippen LogP contribution in [-0.2, 0) is 10.5 Å². The van der Waals surface area contributed by atoms with Crippen LogP contribution in [0.1, 0.15) is 25.5 Å². The number of halogens is 1. The Labute approximate surface area is 229 Å². The lowest BCUT2D eigenvalue weighted by atomic mass is 9.99. The largest absolute Gasteiger partial charge is 0.493 e. The monoisotopic (exact) mass is 560 g/mol. The summed E-state index contributed by atoms with van der Waals surface area (Å²) in [6, 6.07) is 17.0. The predicted molar refractivity (Wildman–Crippen MR) is 151 cm³/mol. The highest BCUT2D eigenvalue weighted by Crippen LogP contribution is 2.38. The van der Waals surface area contributed by atoms with Gasteiger partial charge in [-0.2, -0.15) is 13.7 Å². The summed E-state index contributed by atoms with van der Waals surface area (Å²) < 4.78 is 48.3.